The second-order valence-corrected chi connectivity index (χ2v) is 7.74. The lowest BCUT2D eigenvalue weighted by Crippen LogP contribution is -2.37. The number of aliphatic hydroxyl groups is 1. The number of pyridine rings is 1. The fourth-order valence-corrected chi connectivity index (χ4v) is 3.54. The number of aromatic nitrogens is 1. The van der Waals surface area contributed by atoms with Crippen LogP contribution in [0.25, 0.3) is 5.70 Å². The highest BCUT2D eigenvalue weighted by Gasteiger charge is 2.21. The monoisotopic (exact) mass is 464 g/mol. The quantitative estimate of drug-likeness (QED) is 0.342. The summed E-state index contributed by atoms with van der Waals surface area (Å²) in [5.74, 6) is -1.68. The predicted octanol–water partition coefficient (Wildman–Crippen LogP) is 3.84. The van der Waals surface area contributed by atoms with Crippen LogP contribution in [0.15, 0.2) is 72.9 Å². The summed E-state index contributed by atoms with van der Waals surface area (Å²) in [6.07, 6.45) is 4.32. The van der Waals surface area contributed by atoms with E-state index in [-0.39, 0.29) is 35.2 Å². The maximum atomic E-state index is 14.8. The maximum absolute atomic E-state index is 14.8. The van der Waals surface area contributed by atoms with E-state index in [1.54, 1.807) is 12.3 Å². The summed E-state index contributed by atoms with van der Waals surface area (Å²) in [7, 11) is 0. The number of nitrogens with two attached hydrogens (primary N) is 1. The number of carbonyl (C=O) groups is 1. The third-order valence-corrected chi connectivity index (χ3v) is 5.23. The molecule has 0 aliphatic rings. The van der Waals surface area contributed by atoms with E-state index < -0.39 is 17.5 Å². The largest absolute Gasteiger partial charge is 0.398 e. The van der Waals surface area contributed by atoms with Crippen LogP contribution < -0.4 is 11.1 Å². The van der Waals surface area contributed by atoms with Gasteiger partial charge in [0.15, 0.2) is 0 Å². The molecule has 8 heteroatoms. The van der Waals surface area contributed by atoms with E-state index in [0.29, 0.717) is 24.8 Å². The van der Waals surface area contributed by atoms with Gasteiger partial charge in [0.05, 0.1) is 11.3 Å². The van der Waals surface area contributed by atoms with Crippen molar-refractivity contribution in [1.29, 1.82) is 5.41 Å². The average molecular weight is 465 g/mol. The van der Waals surface area contributed by atoms with Crippen LogP contribution in [0.5, 0.6) is 0 Å². The smallest absolute Gasteiger partial charge is 0.252 e. The van der Waals surface area contributed by atoms with Crippen molar-refractivity contribution in [2.75, 3.05) is 6.61 Å². The zero-order valence-corrected chi connectivity index (χ0v) is 18.5. The summed E-state index contributed by atoms with van der Waals surface area (Å²) >= 11 is 0. The Bertz CT molecular complexity index is 1170. The molecule has 5 N–H and O–H groups in total. The Balaban J connectivity index is 1.86. The number of rotatable bonds is 10. The zero-order valence-electron chi connectivity index (χ0n) is 18.5. The topological polar surface area (TPSA) is 112 Å². The van der Waals surface area contributed by atoms with E-state index in [1.165, 1.54) is 48.5 Å². The Hall–Kier alpha value is -3.91. The van der Waals surface area contributed by atoms with Crippen molar-refractivity contribution < 1.29 is 18.7 Å². The molecule has 0 spiro atoms. The van der Waals surface area contributed by atoms with Gasteiger partial charge in [0.2, 0.25) is 0 Å². The molecule has 6 nitrogen and oxygen atoms in total. The van der Waals surface area contributed by atoms with Crippen LogP contribution in [0.3, 0.4) is 0 Å². The molecule has 1 amide bonds. The van der Waals surface area contributed by atoms with E-state index in [0.717, 1.165) is 5.69 Å². The van der Waals surface area contributed by atoms with Gasteiger partial charge in [0, 0.05) is 42.2 Å². The molecule has 1 heterocycles. The normalized spacial score (nSPS) is 12.3. The van der Waals surface area contributed by atoms with Crippen molar-refractivity contribution >= 4 is 17.3 Å². The van der Waals surface area contributed by atoms with Crippen molar-refractivity contribution in [3.8, 4) is 0 Å². The first-order valence-corrected chi connectivity index (χ1v) is 10.8. The van der Waals surface area contributed by atoms with Crippen LogP contribution in [0, 0.1) is 17.0 Å². The third-order valence-electron chi connectivity index (χ3n) is 5.23. The molecule has 1 aromatic heterocycles. The van der Waals surface area contributed by atoms with Gasteiger partial charge in [-0.15, -0.1) is 0 Å². The van der Waals surface area contributed by atoms with Gasteiger partial charge in [-0.05, 0) is 73.0 Å². The molecule has 176 valence electrons. The van der Waals surface area contributed by atoms with Gasteiger partial charge < -0.3 is 21.6 Å². The number of nitrogens with one attached hydrogen (secondary N) is 2. The molecule has 0 bridgehead atoms. The summed E-state index contributed by atoms with van der Waals surface area (Å²) < 4.78 is 28.0. The Morgan fingerprint density at radius 2 is 1.88 bits per heavy atom. The van der Waals surface area contributed by atoms with Gasteiger partial charge >= 0.3 is 0 Å². The molecule has 0 unspecified atom stereocenters. The third kappa shape index (κ3) is 6.55. The van der Waals surface area contributed by atoms with Crippen molar-refractivity contribution in [3.05, 3.63) is 107 Å². The summed E-state index contributed by atoms with van der Waals surface area (Å²) in [6, 6.07) is 14.5. The van der Waals surface area contributed by atoms with Crippen molar-refractivity contribution in [3.63, 3.8) is 0 Å². The maximum Gasteiger partial charge on any atom is 0.252 e. The minimum Gasteiger partial charge on any atom is -0.398 e. The molecule has 0 aliphatic heterocycles. The molecule has 1 atom stereocenters. The standard InChI is InChI=1S/C26H26F2N4O2/c27-18-11-9-17(10-12-18)23(29)16-24(30)25-21(7-3-8-22(25)28)26(34)32-20(6-4-14-33)15-19-5-1-2-13-31-19/h1-3,5,7-13,16,20,29,33H,4,6,14-15,30H2,(H,32,34)/t20-/m0/s1. The molecule has 3 aromatic rings. The Morgan fingerprint density at radius 3 is 2.56 bits per heavy atom. The van der Waals surface area contributed by atoms with Crippen LogP contribution in [-0.2, 0) is 6.42 Å². The fraction of sp³-hybridized carbons (Fsp3) is 0.192. The first kappa shape index (κ1) is 24.7. The van der Waals surface area contributed by atoms with Gasteiger partial charge in [-0.2, -0.15) is 0 Å². The van der Waals surface area contributed by atoms with Gasteiger partial charge in [0.25, 0.3) is 5.91 Å². The Morgan fingerprint density at radius 1 is 1.12 bits per heavy atom. The lowest BCUT2D eigenvalue weighted by Gasteiger charge is -2.20. The van der Waals surface area contributed by atoms with E-state index in [1.807, 2.05) is 12.1 Å². The number of benzene rings is 2. The molecule has 3 rings (SSSR count). The molecule has 0 aliphatic carbocycles. The van der Waals surface area contributed by atoms with Crippen molar-refractivity contribution in [2.45, 2.75) is 25.3 Å². The predicted molar refractivity (Wildman–Crippen MR) is 127 cm³/mol. The highest BCUT2D eigenvalue weighted by molar-refractivity contribution is 6.11. The SMILES string of the molecule is N=C(C=C(N)c1c(F)cccc1C(=O)N[C@@H](CCCO)Cc1ccccn1)c1ccc(F)cc1. The number of hydrogen-bond acceptors (Lipinski definition) is 5. The molecular weight excluding hydrogens is 438 g/mol. The number of nitrogens with zero attached hydrogens (tertiary/aromatic N) is 1. The zero-order chi connectivity index (χ0) is 24.5. The van der Waals surface area contributed by atoms with Gasteiger partial charge in [0.1, 0.15) is 11.6 Å². The second kappa shape index (κ2) is 11.8. The first-order chi connectivity index (χ1) is 16.4. The summed E-state index contributed by atoms with van der Waals surface area (Å²) in [5.41, 5.74) is 7.04. The first-order valence-electron chi connectivity index (χ1n) is 10.8. The van der Waals surface area contributed by atoms with Crippen molar-refractivity contribution in [2.24, 2.45) is 5.73 Å². The van der Waals surface area contributed by atoms with Crippen LogP contribution in [-0.4, -0.2) is 34.4 Å². The fourth-order valence-electron chi connectivity index (χ4n) is 3.54. The van der Waals surface area contributed by atoms with Crippen LogP contribution in [0.1, 0.15) is 40.0 Å². The molecule has 0 radical (unpaired) electrons. The van der Waals surface area contributed by atoms with E-state index >= 15 is 0 Å². The van der Waals surface area contributed by atoms with Crippen molar-refractivity contribution in [1.82, 2.24) is 10.3 Å². The number of allylic oxidation sites excluding steroid dienone is 1. The average Bonchev–Trinajstić information content (AvgIpc) is 2.83. The molecule has 2 aromatic carbocycles. The lowest BCUT2D eigenvalue weighted by molar-refractivity contribution is 0.0931. The van der Waals surface area contributed by atoms with E-state index in [9.17, 15) is 18.7 Å². The summed E-state index contributed by atoms with van der Waals surface area (Å²) in [6.45, 7) is -0.0268. The van der Waals surface area contributed by atoms with Crippen LogP contribution in [0.4, 0.5) is 8.78 Å². The second-order valence-electron chi connectivity index (χ2n) is 7.74. The molecule has 0 saturated carbocycles. The number of aliphatic hydroxyl groups excluding tert-OH is 1. The van der Waals surface area contributed by atoms with Gasteiger partial charge in [-0.1, -0.05) is 12.1 Å². The van der Waals surface area contributed by atoms with E-state index in [2.05, 4.69) is 10.3 Å². The van der Waals surface area contributed by atoms with Gasteiger partial charge in [-0.25, -0.2) is 8.78 Å². The highest BCUT2D eigenvalue weighted by atomic mass is 19.1. The molecular formula is C26H26F2N4O2. The molecule has 0 fully saturated rings. The lowest BCUT2D eigenvalue weighted by atomic mass is 9.99. The Kier molecular flexibility index (Phi) is 8.59. The summed E-state index contributed by atoms with van der Waals surface area (Å²) in [4.78, 5) is 17.4. The summed E-state index contributed by atoms with van der Waals surface area (Å²) in [5, 5.41) is 20.3. The molecule has 34 heavy (non-hydrogen) atoms. The van der Waals surface area contributed by atoms with Crippen LogP contribution >= 0.6 is 0 Å². The Labute approximate surface area is 196 Å². The van der Waals surface area contributed by atoms with E-state index in [4.69, 9.17) is 11.1 Å². The number of carbonyl (C=O) groups excluding carboxylic acids is 1. The number of amides is 1. The minimum atomic E-state index is -0.704. The highest BCUT2D eigenvalue weighted by Crippen LogP contribution is 2.21. The van der Waals surface area contributed by atoms with Crippen LogP contribution in [0.2, 0.25) is 0 Å². The minimum absolute atomic E-state index is 0.0238. The molecule has 0 saturated heterocycles. The number of hydrogen-bond donors (Lipinski definition) is 4. The number of halogens is 2. The van der Waals surface area contributed by atoms with Gasteiger partial charge in [-0.3, -0.25) is 9.78 Å².